The minimum Gasteiger partial charge on any atom is -0.495 e. The van der Waals surface area contributed by atoms with Crippen molar-refractivity contribution in [3.8, 4) is 11.5 Å². The van der Waals surface area contributed by atoms with Gasteiger partial charge in [-0.3, -0.25) is 0 Å². The Bertz CT molecular complexity index is 464. The lowest BCUT2D eigenvalue weighted by Crippen LogP contribution is -2.20. The highest BCUT2D eigenvalue weighted by Gasteiger charge is 2.34. The van der Waals surface area contributed by atoms with Gasteiger partial charge in [-0.05, 0) is 0 Å². The van der Waals surface area contributed by atoms with Crippen LogP contribution in [-0.2, 0) is 5.33 Å². The molecular weight excluding hydrogens is 323 g/mol. The number of hydrogen-bond acceptors (Lipinski definition) is 4. The van der Waals surface area contributed by atoms with Crippen molar-refractivity contribution in [2.24, 2.45) is 0 Å². The Hall–Kier alpha value is -1.51. The number of pyridine rings is 1. The van der Waals surface area contributed by atoms with Crippen LogP contribution in [0.1, 0.15) is 16.2 Å². The normalized spacial score (nSPS) is 11.2. The van der Waals surface area contributed by atoms with Crippen molar-refractivity contribution in [2.75, 3.05) is 7.11 Å². The lowest BCUT2D eigenvalue weighted by Gasteiger charge is -2.13. The number of carbonyl (C=O) groups is 1. The summed E-state index contributed by atoms with van der Waals surface area (Å²) in [6.45, 7) is 0. The van der Waals surface area contributed by atoms with Gasteiger partial charge in [-0.1, -0.05) is 15.9 Å². The minimum absolute atomic E-state index is 0.00359. The van der Waals surface area contributed by atoms with E-state index in [0.717, 1.165) is 6.07 Å². The van der Waals surface area contributed by atoms with Crippen LogP contribution in [0, 0.1) is 0 Å². The topological polar surface area (TPSA) is 68.7 Å². The van der Waals surface area contributed by atoms with Gasteiger partial charge in [-0.2, -0.15) is 0 Å². The fourth-order valence-corrected chi connectivity index (χ4v) is 1.55. The van der Waals surface area contributed by atoms with E-state index in [9.17, 15) is 18.0 Å². The van der Waals surface area contributed by atoms with Gasteiger partial charge in [0.25, 0.3) is 0 Å². The number of carboxylic acids is 1. The number of carboxylic acid groups (broad SMARTS) is 1. The maximum absolute atomic E-state index is 12.1. The molecule has 1 heterocycles. The molecule has 0 unspecified atom stereocenters. The first kappa shape index (κ1) is 14.6. The standard InChI is InChI=1S/C9H7BrF3NO4/c1-17-5-2-6(18-9(11,12)13)7(8(15)16)14-4(5)3-10/h2H,3H2,1H3,(H,15,16). The summed E-state index contributed by atoms with van der Waals surface area (Å²) in [5, 5.41) is 8.91. The maximum atomic E-state index is 12.1. The van der Waals surface area contributed by atoms with Crippen LogP contribution in [0.2, 0.25) is 0 Å². The molecule has 0 aromatic carbocycles. The van der Waals surface area contributed by atoms with Crippen LogP contribution in [0.5, 0.6) is 11.5 Å². The van der Waals surface area contributed by atoms with Crippen LogP contribution >= 0.6 is 15.9 Å². The summed E-state index contributed by atoms with van der Waals surface area (Å²) in [5.74, 6) is -2.55. The van der Waals surface area contributed by atoms with Crippen molar-refractivity contribution in [2.45, 2.75) is 11.7 Å². The maximum Gasteiger partial charge on any atom is 0.573 e. The molecule has 0 aliphatic carbocycles. The van der Waals surface area contributed by atoms with Gasteiger partial charge in [0.15, 0.2) is 11.4 Å². The number of aromatic nitrogens is 1. The first-order valence-electron chi connectivity index (χ1n) is 4.41. The van der Waals surface area contributed by atoms with Crippen molar-refractivity contribution >= 4 is 21.9 Å². The number of alkyl halides is 4. The summed E-state index contributed by atoms with van der Waals surface area (Å²) in [5.41, 5.74) is -0.674. The highest BCUT2D eigenvalue weighted by molar-refractivity contribution is 9.08. The van der Waals surface area contributed by atoms with E-state index < -0.39 is 23.8 Å². The third kappa shape index (κ3) is 3.49. The summed E-state index contributed by atoms with van der Waals surface area (Å²) in [6.07, 6.45) is -5.01. The third-order valence-corrected chi connectivity index (χ3v) is 2.33. The molecule has 0 fully saturated rings. The number of methoxy groups -OCH3 is 1. The summed E-state index contributed by atoms with van der Waals surface area (Å²) in [7, 11) is 1.22. The number of rotatable bonds is 4. The zero-order valence-corrected chi connectivity index (χ0v) is 10.5. The molecule has 18 heavy (non-hydrogen) atoms. The summed E-state index contributed by atoms with van der Waals surface area (Å²) in [4.78, 5) is 14.4. The molecule has 0 spiro atoms. The van der Waals surface area contributed by atoms with Crippen LogP contribution in [-0.4, -0.2) is 29.5 Å². The van der Waals surface area contributed by atoms with E-state index in [-0.39, 0.29) is 16.8 Å². The molecular formula is C9H7BrF3NO4. The second-order valence-electron chi connectivity index (χ2n) is 2.97. The third-order valence-electron chi connectivity index (χ3n) is 1.80. The second kappa shape index (κ2) is 5.42. The Kier molecular flexibility index (Phi) is 4.38. The molecule has 1 aromatic heterocycles. The molecule has 0 bridgehead atoms. The number of ether oxygens (including phenoxy) is 2. The molecule has 0 saturated heterocycles. The summed E-state index contributed by atoms with van der Waals surface area (Å²) < 4.78 is 44.7. The molecule has 100 valence electrons. The predicted octanol–water partition coefficient (Wildman–Crippen LogP) is 2.58. The van der Waals surface area contributed by atoms with E-state index in [0.29, 0.717) is 0 Å². The fourth-order valence-electron chi connectivity index (χ4n) is 1.14. The molecule has 0 atom stereocenters. The highest BCUT2D eigenvalue weighted by atomic mass is 79.9. The van der Waals surface area contributed by atoms with Gasteiger partial charge < -0.3 is 14.6 Å². The Morgan fingerprint density at radius 2 is 2.11 bits per heavy atom. The van der Waals surface area contributed by atoms with Gasteiger partial charge >= 0.3 is 12.3 Å². The van der Waals surface area contributed by atoms with Crippen LogP contribution in [0.25, 0.3) is 0 Å². The van der Waals surface area contributed by atoms with Crippen molar-refractivity contribution in [3.63, 3.8) is 0 Å². The fraction of sp³-hybridized carbons (Fsp3) is 0.333. The van der Waals surface area contributed by atoms with Crippen molar-refractivity contribution in [3.05, 3.63) is 17.5 Å². The van der Waals surface area contributed by atoms with Crippen molar-refractivity contribution < 1.29 is 32.5 Å². The van der Waals surface area contributed by atoms with Gasteiger partial charge in [-0.15, -0.1) is 13.2 Å². The molecule has 1 aromatic rings. The number of hydrogen-bond donors (Lipinski definition) is 1. The van der Waals surface area contributed by atoms with Crippen molar-refractivity contribution in [1.29, 1.82) is 0 Å². The lowest BCUT2D eigenvalue weighted by molar-refractivity contribution is -0.274. The Labute approximate surface area is 108 Å². The van der Waals surface area contributed by atoms with Crippen LogP contribution in [0.15, 0.2) is 6.07 Å². The van der Waals surface area contributed by atoms with Crippen LogP contribution in [0.3, 0.4) is 0 Å². The van der Waals surface area contributed by atoms with E-state index >= 15 is 0 Å². The van der Waals surface area contributed by atoms with Crippen molar-refractivity contribution in [1.82, 2.24) is 4.98 Å². The zero-order chi connectivity index (χ0) is 13.9. The molecule has 0 saturated carbocycles. The van der Waals surface area contributed by atoms with Gasteiger partial charge in [0.05, 0.1) is 12.8 Å². The van der Waals surface area contributed by atoms with E-state index in [4.69, 9.17) is 9.84 Å². The average Bonchev–Trinajstić information content (AvgIpc) is 2.25. The number of halogens is 4. The summed E-state index contributed by atoms with van der Waals surface area (Å²) >= 11 is 3.02. The quantitative estimate of drug-likeness (QED) is 0.860. The Balaban J connectivity index is 3.33. The molecule has 0 amide bonds. The molecule has 1 N–H and O–H groups in total. The van der Waals surface area contributed by atoms with Gasteiger partial charge in [0.2, 0.25) is 0 Å². The molecule has 9 heteroatoms. The van der Waals surface area contributed by atoms with Crippen LogP contribution in [0.4, 0.5) is 13.2 Å². The molecule has 1 rings (SSSR count). The number of aromatic carboxylic acids is 1. The first-order valence-corrected chi connectivity index (χ1v) is 5.53. The van der Waals surface area contributed by atoms with Gasteiger partial charge in [-0.25, -0.2) is 9.78 Å². The van der Waals surface area contributed by atoms with E-state index in [1.807, 2.05) is 0 Å². The zero-order valence-electron chi connectivity index (χ0n) is 8.92. The average molecular weight is 330 g/mol. The Morgan fingerprint density at radius 3 is 2.50 bits per heavy atom. The molecule has 0 aliphatic heterocycles. The lowest BCUT2D eigenvalue weighted by atomic mass is 10.2. The predicted molar refractivity (Wildman–Crippen MR) is 57.1 cm³/mol. The SMILES string of the molecule is COc1cc(OC(F)(F)F)c(C(=O)O)nc1CBr. The van der Waals surface area contributed by atoms with E-state index in [1.54, 1.807) is 0 Å². The first-order chi connectivity index (χ1) is 8.28. The smallest absolute Gasteiger partial charge is 0.495 e. The Morgan fingerprint density at radius 1 is 1.50 bits per heavy atom. The van der Waals surface area contributed by atoms with Crippen LogP contribution < -0.4 is 9.47 Å². The number of nitrogens with zero attached hydrogens (tertiary/aromatic N) is 1. The highest BCUT2D eigenvalue weighted by Crippen LogP contribution is 2.31. The van der Waals surface area contributed by atoms with Gasteiger partial charge in [0.1, 0.15) is 5.75 Å². The molecule has 0 aliphatic rings. The second-order valence-corrected chi connectivity index (χ2v) is 3.53. The monoisotopic (exact) mass is 329 g/mol. The largest absolute Gasteiger partial charge is 0.573 e. The molecule has 5 nitrogen and oxygen atoms in total. The summed E-state index contributed by atoms with van der Waals surface area (Å²) in [6, 6.07) is 0.834. The molecule has 0 radical (unpaired) electrons. The van der Waals surface area contributed by atoms with E-state index in [1.165, 1.54) is 7.11 Å². The van der Waals surface area contributed by atoms with E-state index in [2.05, 4.69) is 25.7 Å². The minimum atomic E-state index is -5.01. The van der Waals surface area contributed by atoms with Gasteiger partial charge in [0, 0.05) is 11.4 Å².